The zero-order valence-electron chi connectivity index (χ0n) is 12.1. The molecule has 5 heteroatoms. The van der Waals surface area contributed by atoms with Gasteiger partial charge in [-0.15, -0.1) is 0 Å². The number of hydrogen-bond acceptors (Lipinski definition) is 3. The molecule has 1 atom stereocenters. The second-order valence-corrected chi connectivity index (χ2v) is 5.10. The van der Waals surface area contributed by atoms with Gasteiger partial charge in [0.1, 0.15) is 11.6 Å². The second-order valence-electron chi connectivity index (χ2n) is 4.69. The number of benzene rings is 1. The fraction of sp³-hybridized carbons (Fsp3) is 0.312. The van der Waals surface area contributed by atoms with Crippen LogP contribution in [-0.4, -0.2) is 18.6 Å². The molecule has 1 aromatic heterocycles. The standard InChI is InChI=1S/C16H18ClFN2O/c1-3-7-20-16(11-8-12(21-2)10-19-9-11)13-5-4-6-14(17)15(13)18/h4-6,8-10,16,20H,3,7H2,1-2H3. The molecule has 21 heavy (non-hydrogen) atoms. The Morgan fingerprint density at radius 1 is 1.38 bits per heavy atom. The Hall–Kier alpha value is -1.65. The lowest BCUT2D eigenvalue weighted by molar-refractivity contribution is 0.411. The molecule has 0 aliphatic heterocycles. The summed E-state index contributed by atoms with van der Waals surface area (Å²) >= 11 is 5.89. The number of nitrogens with zero attached hydrogens (tertiary/aromatic N) is 1. The van der Waals surface area contributed by atoms with Gasteiger partial charge < -0.3 is 10.1 Å². The van der Waals surface area contributed by atoms with E-state index in [4.69, 9.17) is 16.3 Å². The maximum Gasteiger partial charge on any atom is 0.146 e. The van der Waals surface area contributed by atoms with Gasteiger partial charge in [-0.3, -0.25) is 4.98 Å². The van der Waals surface area contributed by atoms with Crippen molar-refractivity contribution in [2.45, 2.75) is 19.4 Å². The molecule has 3 nitrogen and oxygen atoms in total. The minimum atomic E-state index is -0.407. The number of halogens is 2. The highest BCUT2D eigenvalue weighted by Gasteiger charge is 2.19. The Bertz CT molecular complexity index is 607. The first-order chi connectivity index (χ1) is 10.2. The van der Waals surface area contributed by atoms with Gasteiger partial charge in [-0.25, -0.2) is 4.39 Å². The molecule has 1 unspecified atom stereocenters. The second kappa shape index (κ2) is 7.38. The van der Waals surface area contributed by atoms with Gasteiger partial charge in [0.15, 0.2) is 0 Å². The molecular weight excluding hydrogens is 291 g/mol. The lowest BCUT2D eigenvalue weighted by atomic mass is 9.99. The van der Waals surface area contributed by atoms with E-state index in [1.165, 1.54) is 0 Å². The van der Waals surface area contributed by atoms with Crippen LogP contribution < -0.4 is 10.1 Å². The van der Waals surface area contributed by atoms with Crippen LogP contribution in [0.2, 0.25) is 5.02 Å². The number of pyridine rings is 1. The average molecular weight is 309 g/mol. The summed E-state index contributed by atoms with van der Waals surface area (Å²) in [5.41, 5.74) is 1.34. The van der Waals surface area contributed by atoms with Crippen LogP contribution in [0.3, 0.4) is 0 Å². The summed E-state index contributed by atoms with van der Waals surface area (Å²) in [5, 5.41) is 3.44. The lowest BCUT2D eigenvalue weighted by Gasteiger charge is -2.20. The van der Waals surface area contributed by atoms with Gasteiger partial charge in [0.2, 0.25) is 0 Å². The molecule has 1 N–H and O–H groups in total. The normalized spacial score (nSPS) is 12.2. The van der Waals surface area contributed by atoms with Crippen LogP contribution in [0.4, 0.5) is 4.39 Å². The van der Waals surface area contributed by atoms with E-state index in [0.29, 0.717) is 11.3 Å². The Morgan fingerprint density at radius 3 is 2.90 bits per heavy atom. The van der Waals surface area contributed by atoms with Crippen molar-refractivity contribution in [2.24, 2.45) is 0 Å². The summed E-state index contributed by atoms with van der Waals surface area (Å²) in [7, 11) is 1.58. The average Bonchev–Trinajstić information content (AvgIpc) is 2.52. The van der Waals surface area contributed by atoms with Gasteiger partial charge in [0.05, 0.1) is 24.4 Å². The van der Waals surface area contributed by atoms with Gasteiger partial charge in [0.25, 0.3) is 0 Å². The van der Waals surface area contributed by atoms with Crippen molar-refractivity contribution < 1.29 is 9.13 Å². The number of hydrogen-bond donors (Lipinski definition) is 1. The van der Waals surface area contributed by atoms with E-state index < -0.39 is 5.82 Å². The van der Waals surface area contributed by atoms with Crippen molar-refractivity contribution in [3.63, 3.8) is 0 Å². The van der Waals surface area contributed by atoms with Crippen molar-refractivity contribution in [3.8, 4) is 5.75 Å². The molecule has 112 valence electrons. The Labute approximate surface area is 129 Å². The summed E-state index contributed by atoms with van der Waals surface area (Å²) < 4.78 is 19.5. The molecule has 0 spiro atoms. The van der Waals surface area contributed by atoms with Crippen LogP contribution in [0.5, 0.6) is 5.75 Å². The quantitative estimate of drug-likeness (QED) is 0.876. The van der Waals surface area contributed by atoms with Gasteiger partial charge in [-0.2, -0.15) is 0 Å². The highest BCUT2D eigenvalue weighted by molar-refractivity contribution is 6.30. The van der Waals surface area contributed by atoms with Gasteiger partial charge >= 0.3 is 0 Å². The summed E-state index contributed by atoms with van der Waals surface area (Å²) in [4.78, 5) is 4.14. The van der Waals surface area contributed by atoms with E-state index in [2.05, 4.69) is 17.2 Å². The highest BCUT2D eigenvalue weighted by atomic mass is 35.5. The lowest BCUT2D eigenvalue weighted by Crippen LogP contribution is -2.24. The van der Waals surface area contributed by atoms with E-state index >= 15 is 0 Å². The third kappa shape index (κ3) is 3.71. The molecule has 1 heterocycles. The first-order valence-electron chi connectivity index (χ1n) is 6.83. The van der Waals surface area contributed by atoms with Gasteiger partial charge in [-0.1, -0.05) is 30.7 Å². The number of methoxy groups -OCH3 is 1. The van der Waals surface area contributed by atoms with Crippen molar-refractivity contribution in [3.05, 3.63) is 58.6 Å². The van der Waals surface area contributed by atoms with E-state index in [1.54, 1.807) is 37.7 Å². The summed E-state index contributed by atoms with van der Waals surface area (Å²) in [6.45, 7) is 2.82. The predicted molar refractivity (Wildman–Crippen MR) is 82.3 cm³/mol. The molecule has 0 amide bonds. The highest BCUT2D eigenvalue weighted by Crippen LogP contribution is 2.29. The van der Waals surface area contributed by atoms with Crippen LogP contribution in [0.15, 0.2) is 36.7 Å². The molecule has 0 radical (unpaired) electrons. The fourth-order valence-electron chi connectivity index (χ4n) is 2.14. The molecule has 2 aromatic rings. The minimum Gasteiger partial charge on any atom is -0.495 e. The van der Waals surface area contributed by atoms with E-state index in [1.807, 2.05) is 6.07 Å². The summed E-state index contributed by atoms with van der Waals surface area (Å²) in [6, 6.07) is 6.55. The van der Waals surface area contributed by atoms with Crippen LogP contribution in [0.25, 0.3) is 0 Å². The molecule has 0 saturated carbocycles. The van der Waals surface area contributed by atoms with Crippen molar-refractivity contribution in [1.82, 2.24) is 10.3 Å². The largest absolute Gasteiger partial charge is 0.495 e. The molecule has 0 aliphatic carbocycles. The van der Waals surface area contributed by atoms with Crippen molar-refractivity contribution in [1.29, 1.82) is 0 Å². The molecule has 2 rings (SSSR count). The molecular formula is C16H18ClFN2O. The van der Waals surface area contributed by atoms with Gasteiger partial charge in [0, 0.05) is 11.8 Å². The summed E-state index contributed by atoms with van der Waals surface area (Å²) in [6.07, 6.45) is 4.26. The number of nitrogens with one attached hydrogen (secondary N) is 1. The Balaban J connectivity index is 2.44. The first kappa shape index (κ1) is 15.7. The topological polar surface area (TPSA) is 34.2 Å². The van der Waals surface area contributed by atoms with Crippen LogP contribution in [-0.2, 0) is 0 Å². The Kier molecular flexibility index (Phi) is 5.53. The van der Waals surface area contributed by atoms with E-state index in [0.717, 1.165) is 18.5 Å². The number of aromatic nitrogens is 1. The van der Waals surface area contributed by atoms with Crippen LogP contribution >= 0.6 is 11.6 Å². The molecule has 0 aliphatic rings. The number of ether oxygens (including phenoxy) is 1. The first-order valence-corrected chi connectivity index (χ1v) is 7.21. The van der Waals surface area contributed by atoms with Crippen LogP contribution in [0.1, 0.15) is 30.5 Å². The monoisotopic (exact) mass is 308 g/mol. The SMILES string of the molecule is CCCNC(c1cncc(OC)c1)c1cccc(Cl)c1F. The van der Waals surface area contributed by atoms with Crippen molar-refractivity contribution in [2.75, 3.05) is 13.7 Å². The predicted octanol–water partition coefficient (Wildman–Crippen LogP) is 3.97. The third-order valence-electron chi connectivity index (χ3n) is 3.19. The van der Waals surface area contributed by atoms with E-state index in [-0.39, 0.29) is 11.1 Å². The summed E-state index contributed by atoms with van der Waals surface area (Å²) in [5.74, 6) is 0.230. The van der Waals surface area contributed by atoms with Gasteiger partial charge in [-0.05, 0) is 30.7 Å². The zero-order chi connectivity index (χ0) is 15.2. The zero-order valence-corrected chi connectivity index (χ0v) is 12.8. The van der Waals surface area contributed by atoms with Crippen LogP contribution in [0, 0.1) is 5.82 Å². The molecule has 0 fully saturated rings. The Morgan fingerprint density at radius 2 is 2.19 bits per heavy atom. The number of rotatable bonds is 6. The molecule has 0 saturated heterocycles. The van der Waals surface area contributed by atoms with Crippen molar-refractivity contribution >= 4 is 11.6 Å². The smallest absolute Gasteiger partial charge is 0.146 e. The maximum absolute atomic E-state index is 14.3. The third-order valence-corrected chi connectivity index (χ3v) is 3.49. The van der Waals surface area contributed by atoms with E-state index in [9.17, 15) is 4.39 Å². The molecule has 1 aromatic carbocycles. The minimum absolute atomic E-state index is 0.117. The fourth-order valence-corrected chi connectivity index (χ4v) is 2.33. The maximum atomic E-state index is 14.3. The molecule has 0 bridgehead atoms.